The van der Waals surface area contributed by atoms with E-state index < -0.39 is 0 Å². The van der Waals surface area contributed by atoms with Crippen LogP contribution in [0.3, 0.4) is 0 Å². The van der Waals surface area contributed by atoms with E-state index in [4.69, 9.17) is 5.73 Å². The standard InChI is InChI=1S/C11H23N3O/c1-8(10(15)13-11(2,3)4)14-6-5-9(12)7-14/h8-9H,5-7,12H2,1-4H3,(H,13,15). The van der Waals surface area contributed by atoms with E-state index in [2.05, 4.69) is 10.2 Å². The van der Waals surface area contributed by atoms with Crippen LogP contribution in [0.25, 0.3) is 0 Å². The van der Waals surface area contributed by atoms with Crippen molar-refractivity contribution in [2.45, 2.75) is 51.7 Å². The van der Waals surface area contributed by atoms with E-state index >= 15 is 0 Å². The summed E-state index contributed by atoms with van der Waals surface area (Å²) >= 11 is 0. The van der Waals surface area contributed by atoms with Gasteiger partial charge in [0.25, 0.3) is 0 Å². The lowest BCUT2D eigenvalue weighted by Gasteiger charge is -2.28. The van der Waals surface area contributed by atoms with Gasteiger partial charge in [0.05, 0.1) is 6.04 Å². The Kier molecular flexibility index (Phi) is 3.73. The average Bonchev–Trinajstić information content (AvgIpc) is 2.47. The molecule has 1 saturated heterocycles. The van der Waals surface area contributed by atoms with Crippen LogP contribution in [0.4, 0.5) is 0 Å². The van der Waals surface area contributed by atoms with Crippen LogP contribution in [0.5, 0.6) is 0 Å². The van der Waals surface area contributed by atoms with Crippen molar-refractivity contribution in [2.75, 3.05) is 13.1 Å². The van der Waals surface area contributed by atoms with Gasteiger partial charge in [0.1, 0.15) is 0 Å². The quantitative estimate of drug-likeness (QED) is 0.694. The zero-order valence-electron chi connectivity index (χ0n) is 10.2. The SMILES string of the molecule is CC(C(=O)NC(C)(C)C)N1CCC(N)C1. The highest BCUT2D eigenvalue weighted by atomic mass is 16.2. The fourth-order valence-electron chi connectivity index (χ4n) is 1.81. The number of carbonyl (C=O) groups is 1. The number of hydrogen-bond donors (Lipinski definition) is 2. The number of nitrogens with zero attached hydrogens (tertiary/aromatic N) is 1. The molecule has 2 unspecified atom stereocenters. The first-order valence-corrected chi connectivity index (χ1v) is 5.61. The summed E-state index contributed by atoms with van der Waals surface area (Å²) in [6.07, 6.45) is 0.993. The molecule has 3 N–H and O–H groups in total. The Labute approximate surface area is 92.2 Å². The van der Waals surface area contributed by atoms with E-state index in [9.17, 15) is 4.79 Å². The highest BCUT2D eigenvalue weighted by Gasteiger charge is 2.29. The summed E-state index contributed by atoms with van der Waals surface area (Å²) in [4.78, 5) is 14.0. The molecule has 2 atom stereocenters. The van der Waals surface area contributed by atoms with Crippen molar-refractivity contribution < 1.29 is 4.79 Å². The minimum Gasteiger partial charge on any atom is -0.350 e. The number of hydrogen-bond acceptors (Lipinski definition) is 3. The van der Waals surface area contributed by atoms with E-state index in [-0.39, 0.29) is 23.5 Å². The van der Waals surface area contributed by atoms with Crippen molar-refractivity contribution in [3.8, 4) is 0 Å². The molecule has 0 aromatic heterocycles. The van der Waals surface area contributed by atoms with Crippen molar-refractivity contribution in [1.82, 2.24) is 10.2 Å². The molecule has 0 aliphatic carbocycles. The molecule has 15 heavy (non-hydrogen) atoms. The van der Waals surface area contributed by atoms with E-state index in [1.807, 2.05) is 27.7 Å². The second-order valence-electron chi connectivity index (χ2n) is 5.46. The molecule has 0 saturated carbocycles. The summed E-state index contributed by atoms with van der Waals surface area (Å²) in [6, 6.07) is 0.160. The van der Waals surface area contributed by atoms with Gasteiger partial charge < -0.3 is 11.1 Å². The number of nitrogens with one attached hydrogen (secondary N) is 1. The maximum Gasteiger partial charge on any atom is 0.237 e. The van der Waals surface area contributed by atoms with Gasteiger partial charge in [-0.15, -0.1) is 0 Å². The van der Waals surface area contributed by atoms with Crippen molar-refractivity contribution in [1.29, 1.82) is 0 Å². The predicted molar refractivity (Wildman–Crippen MR) is 61.5 cm³/mol. The Morgan fingerprint density at radius 2 is 2.13 bits per heavy atom. The first kappa shape index (κ1) is 12.5. The highest BCUT2D eigenvalue weighted by Crippen LogP contribution is 2.12. The van der Waals surface area contributed by atoms with Gasteiger partial charge in [-0.05, 0) is 34.1 Å². The van der Waals surface area contributed by atoms with Crippen molar-refractivity contribution >= 4 is 5.91 Å². The Hall–Kier alpha value is -0.610. The lowest BCUT2D eigenvalue weighted by Crippen LogP contribution is -2.50. The molecule has 1 rings (SSSR count). The number of amides is 1. The summed E-state index contributed by atoms with van der Waals surface area (Å²) in [7, 11) is 0. The molecular formula is C11H23N3O. The van der Waals surface area contributed by atoms with Gasteiger partial charge in [0.2, 0.25) is 5.91 Å². The summed E-state index contributed by atoms with van der Waals surface area (Å²) < 4.78 is 0. The van der Waals surface area contributed by atoms with Gasteiger partial charge >= 0.3 is 0 Å². The smallest absolute Gasteiger partial charge is 0.237 e. The van der Waals surface area contributed by atoms with Gasteiger partial charge in [0.15, 0.2) is 0 Å². The summed E-state index contributed by atoms with van der Waals surface area (Å²) in [5, 5.41) is 2.99. The van der Waals surface area contributed by atoms with Gasteiger partial charge in [-0.3, -0.25) is 9.69 Å². The van der Waals surface area contributed by atoms with E-state index in [1.165, 1.54) is 0 Å². The second kappa shape index (κ2) is 4.49. The van der Waals surface area contributed by atoms with Crippen LogP contribution in [0.2, 0.25) is 0 Å². The molecule has 1 fully saturated rings. The molecule has 88 valence electrons. The summed E-state index contributed by atoms with van der Waals surface area (Å²) in [5.74, 6) is 0.0941. The Morgan fingerprint density at radius 3 is 2.53 bits per heavy atom. The largest absolute Gasteiger partial charge is 0.350 e. The molecule has 1 aliphatic heterocycles. The lowest BCUT2D eigenvalue weighted by atomic mass is 10.1. The first-order chi connectivity index (χ1) is 6.79. The molecule has 1 heterocycles. The maximum absolute atomic E-state index is 11.9. The maximum atomic E-state index is 11.9. The number of nitrogens with two attached hydrogens (primary N) is 1. The molecule has 0 radical (unpaired) electrons. The van der Waals surface area contributed by atoms with Crippen LogP contribution < -0.4 is 11.1 Å². The Bertz CT molecular complexity index is 234. The van der Waals surface area contributed by atoms with Gasteiger partial charge in [-0.2, -0.15) is 0 Å². The average molecular weight is 213 g/mol. The minimum absolute atomic E-state index is 0.0715. The molecule has 4 nitrogen and oxygen atoms in total. The van der Waals surface area contributed by atoms with Crippen LogP contribution in [0, 0.1) is 0 Å². The molecule has 0 aromatic carbocycles. The topological polar surface area (TPSA) is 58.4 Å². The first-order valence-electron chi connectivity index (χ1n) is 5.61. The number of carbonyl (C=O) groups excluding carboxylic acids is 1. The van der Waals surface area contributed by atoms with Gasteiger partial charge in [-0.1, -0.05) is 0 Å². The van der Waals surface area contributed by atoms with Crippen LogP contribution in [-0.4, -0.2) is 41.5 Å². The lowest BCUT2D eigenvalue weighted by molar-refractivity contribution is -0.127. The number of rotatable bonds is 2. The third-order valence-electron chi connectivity index (χ3n) is 2.68. The second-order valence-corrected chi connectivity index (χ2v) is 5.46. The summed E-state index contributed by atoms with van der Waals surface area (Å²) in [6.45, 7) is 9.69. The van der Waals surface area contributed by atoms with Crippen molar-refractivity contribution in [3.63, 3.8) is 0 Å². The van der Waals surface area contributed by atoms with Crippen LogP contribution >= 0.6 is 0 Å². The Balaban J connectivity index is 2.46. The summed E-state index contributed by atoms with van der Waals surface area (Å²) in [5.41, 5.74) is 5.66. The molecule has 0 bridgehead atoms. The Morgan fingerprint density at radius 1 is 1.53 bits per heavy atom. The van der Waals surface area contributed by atoms with E-state index in [1.54, 1.807) is 0 Å². The van der Waals surface area contributed by atoms with Crippen LogP contribution in [0.15, 0.2) is 0 Å². The molecular weight excluding hydrogens is 190 g/mol. The third-order valence-corrected chi connectivity index (χ3v) is 2.68. The van der Waals surface area contributed by atoms with E-state index in [0.717, 1.165) is 19.5 Å². The molecule has 1 amide bonds. The minimum atomic E-state index is -0.160. The van der Waals surface area contributed by atoms with Gasteiger partial charge in [-0.25, -0.2) is 0 Å². The fraction of sp³-hybridized carbons (Fsp3) is 0.909. The zero-order chi connectivity index (χ0) is 11.6. The zero-order valence-corrected chi connectivity index (χ0v) is 10.2. The molecule has 0 aromatic rings. The number of likely N-dealkylation sites (tertiary alicyclic amines) is 1. The molecule has 4 heteroatoms. The molecule has 1 aliphatic rings. The fourth-order valence-corrected chi connectivity index (χ4v) is 1.81. The van der Waals surface area contributed by atoms with Gasteiger partial charge in [0, 0.05) is 24.7 Å². The van der Waals surface area contributed by atoms with E-state index in [0.29, 0.717) is 0 Å². The molecule has 0 spiro atoms. The highest BCUT2D eigenvalue weighted by molar-refractivity contribution is 5.82. The predicted octanol–water partition coefficient (Wildman–Crippen LogP) is 0.323. The van der Waals surface area contributed by atoms with Crippen LogP contribution in [-0.2, 0) is 4.79 Å². The normalized spacial score (nSPS) is 25.3. The van der Waals surface area contributed by atoms with Crippen LogP contribution in [0.1, 0.15) is 34.1 Å². The van der Waals surface area contributed by atoms with Crippen molar-refractivity contribution in [3.05, 3.63) is 0 Å². The van der Waals surface area contributed by atoms with Crippen molar-refractivity contribution in [2.24, 2.45) is 5.73 Å². The monoisotopic (exact) mass is 213 g/mol. The third kappa shape index (κ3) is 3.80.